The maximum Gasteiger partial charge on any atom is 0.300 e. The molecule has 3 heterocycles. The minimum absolute atomic E-state index is 0.242. The standard InChI is InChI=1S/C19H15FN4OS/c20-13-7-5-12(6-8-13)16-18(25)21-17-14-3-1-2-4-15(14)22-19(24(17)23-16)9-10-26-11-19/h1-8,22H,9-11H2/t19-/m0/s1. The molecule has 5 rings (SSSR count). The molecule has 2 aliphatic rings. The summed E-state index contributed by atoms with van der Waals surface area (Å²) in [6.45, 7) is 0. The number of hydrogen-bond donors (Lipinski definition) is 1. The second kappa shape index (κ2) is 5.67. The van der Waals surface area contributed by atoms with Crippen molar-refractivity contribution in [2.24, 2.45) is 0 Å². The maximum atomic E-state index is 13.3. The lowest BCUT2D eigenvalue weighted by Gasteiger charge is -2.38. The summed E-state index contributed by atoms with van der Waals surface area (Å²) in [5.41, 5.74) is 1.85. The summed E-state index contributed by atoms with van der Waals surface area (Å²) in [5.74, 6) is 2.08. The van der Waals surface area contributed by atoms with Crippen LogP contribution in [0.1, 0.15) is 6.42 Å². The van der Waals surface area contributed by atoms with Gasteiger partial charge in [0.2, 0.25) is 0 Å². The lowest BCUT2D eigenvalue weighted by atomic mass is 10.0. The van der Waals surface area contributed by atoms with E-state index in [0.717, 1.165) is 29.2 Å². The van der Waals surface area contributed by atoms with Crippen LogP contribution < -0.4 is 10.9 Å². The average molecular weight is 366 g/mol. The normalized spacial score (nSPS) is 20.5. The fraction of sp³-hybridized carbons (Fsp3) is 0.211. The van der Waals surface area contributed by atoms with E-state index in [1.165, 1.54) is 12.1 Å². The van der Waals surface area contributed by atoms with Gasteiger partial charge in [0.05, 0.1) is 0 Å². The van der Waals surface area contributed by atoms with E-state index in [0.29, 0.717) is 11.4 Å². The monoisotopic (exact) mass is 366 g/mol. The zero-order valence-corrected chi connectivity index (χ0v) is 14.6. The van der Waals surface area contributed by atoms with Crippen LogP contribution in [0.25, 0.3) is 22.6 Å². The third kappa shape index (κ3) is 2.27. The molecule has 0 bridgehead atoms. The highest BCUT2D eigenvalue weighted by molar-refractivity contribution is 7.99. The summed E-state index contributed by atoms with van der Waals surface area (Å²) in [6, 6.07) is 13.6. The molecule has 1 N–H and O–H groups in total. The van der Waals surface area contributed by atoms with E-state index in [1.807, 2.05) is 40.7 Å². The Kier molecular flexibility index (Phi) is 3.40. The van der Waals surface area contributed by atoms with Crippen LogP contribution in [0.15, 0.2) is 53.3 Å². The number of fused-ring (bicyclic) bond motifs is 4. The van der Waals surface area contributed by atoms with Crippen LogP contribution in [-0.2, 0) is 5.66 Å². The summed E-state index contributed by atoms with van der Waals surface area (Å²) < 4.78 is 15.1. The van der Waals surface area contributed by atoms with Crippen molar-refractivity contribution in [3.63, 3.8) is 0 Å². The van der Waals surface area contributed by atoms with Gasteiger partial charge in [0.1, 0.15) is 11.5 Å². The number of nitrogens with zero attached hydrogens (tertiary/aromatic N) is 3. The van der Waals surface area contributed by atoms with Gasteiger partial charge in [0, 0.05) is 29.0 Å². The third-order valence-corrected chi connectivity index (χ3v) is 6.04. The van der Waals surface area contributed by atoms with E-state index in [4.69, 9.17) is 5.10 Å². The first-order chi connectivity index (χ1) is 12.7. The van der Waals surface area contributed by atoms with Crippen LogP contribution in [-0.4, -0.2) is 26.3 Å². The summed E-state index contributed by atoms with van der Waals surface area (Å²) in [7, 11) is 0. The van der Waals surface area contributed by atoms with Crippen LogP contribution in [0, 0.1) is 5.82 Å². The van der Waals surface area contributed by atoms with Gasteiger partial charge in [-0.3, -0.25) is 4.79 Å². The highest BCUT2D eigenvalue weighted by atomic mass is 32.2. The number of aromatic nitrogens is 3. The predicted octanol–water partition coefficient (Wildman–Crippen LogP) is 3.33. The van der Waals surface area contributed by atoms with Crippen molar-refractivity contribution >= 4 is 17.4 Å². The first-order valence-corrected chi connectivity index (χ1v) is 9.55. The van der Waals surface area contributed by atoms with Crippen molar-refractivity contribution in [2.45, 2.75) is 12.1 Å². The van der Waals surface area contributed by atoms with Gasteiger partial charge in [-0.05, 0) is 42.2 Å². The largest absolute Gasteiger partial charge is 0.360 e. The molecule has 1 spiro atoms. The van der Waals surface area contributed by atoms with Gasteiger partial charge in [0.15, 0.2) is 11.5 Å². The lowest BCUT2D eigenvalue weighted by molar-refractivity contribution is 0.333. The van der Waals surface area contributed by atoms with Crippen molar-refractivity contribution in [3.8, 4) is 22.6 Å². The van der Waals surface area contributed by atoms with Crippen molar-refractivity contribution < 1.29 is 4.39 Å². The van der Waals surface area contributed by atoms with Crippen molar-refractivity contribution in [3.05, 3.63) is 64.7 Å². The molecule has 5 nitrogen and oxygen atoms in total. The molecule has 0 unspecified atom stereocenters. The molecule has 7 heteroatoms. The molecule has 1 atom stereocenters. The van der Waals surface area contributed by atoms with Crippen LogP contribution in [0.4, 0.5) is 10.1 Å². The smallest absolute Gasteiger partial charge is 0.300 e. The average Bonchev–Trinajstić information content (AvgIpc) is 3.11. The number of halogens is 1. The molecule has 1 aromatic heterocycles. The van der Waals surface area contributed by atoms with Gasteiger partial charge < -0.3 is 5.32 Å². The fourth-order valence-electron chi connectivity index (χ4n) is 3.56. The zero-order valence-electron chi connectivity index (χ0n) is 13.8. The van der Waals surface area contributed by atoms with E-state index in [1.54, 1.807) is 12.1 Å². The van der Waals surface area contributed by atoms with Crippen molar-refractivity contribution in [2.75, 3.05) is 16.8 Å². The van der Waals surface area contributed by atoms with E-state index in [9.17, 15) is 9.18 Å². The molecular weight excluding hydrogens is 351 g/mol. The first kappa shape index (κ1) is 15.6. The second-order valence-corrected chi connectivity index (χ2v) is 7.62. The number of rotatable bonds is 1. The highest BCUT2D eigenvalue weighted by Crippen LogP contribution is 2.43. The predicted molar refractivity (Wildman–Crippen MR) is 101 cm³/mol. The van der Waals surface area contributed by atoms with Crippen molar-refractivity contribution in [1.29, 1.82) is 0 Å². The molecule has 1 fully saturated rings. The van der Waals surface area contributed by atoms with E-state index >= 15 is 0 Å². The van der Waals surface area contributed by atoms with Gasteiger partial charge in [-0.25, -0.2) is 9.07 Å². The van der Waals surface area contributed by atoms with Gasteiger partial charge in [-0.2, -0.15) is 21.8 Å². The molecule has 26 heavy (non-hydrogen) atoms. The molecule has 2 aliphatic heterocycles. The SMILES string of the molecule is O=c1nc2n(nc1-c1ccc(F)cc1)[C@]1(CCSC1)Nc1ccccc1-2. The Hall–Kier alpha value is -2.67. The van der Waals surface area contributed by atoms with Crippen LogP contribution in [0.2, 0.25) is 0 Å². The summed E-state index contributed by atoms with van der Waals surface area (Å²) >= 11 is 1.85. The topological polar surface area (TPSA) is 59.8 Å². The molecule has 1 saturated heterocycles. The quantitative estimate of drug-likeness (QED) is 0.716. The Balaban J connectivity index is 1.77. The summed E-state index contributed by atoms with van der Waals surface area (Å²) in [4.78, 5) is 17.1. The van der Waals surface area contributed by atoms with Gasteiger partial charge in [-0.1, -0.05) is 12.1 Å². The molecule has 0 saturated carbocycles. The Labute approximate surface area is 153 Å². The minimum Gasteiger partial charge on any atom is -0.360 e. The fourth-order valence-corrected chi connectivity index (χ4v) is 4.86. The van der Waals surface area contributed by atoms with Gasteiger partial charge in [-0.15, -0.1) is 0 Å². The molecule has 2 aromatic carbocycles. The number of anilines is 1. The van der Waals surface area contributed by atoms with Crippen LogP contribution in [0.3, 0.4) is 0 Å². The van der Waals surface area contributed by atoms with E-state index < -0.39 is 11.2 Å². The van der Waals surface area contributed by atoms with E-state index in [-0.39, 0.29) is 11.5 Å². The Bertz CT molecular complexity index is 1060. The molecule has 0 amide bonds. The third-order valence-electron chi connectivity index (χ3n) is 4.87. The Morgan fingerprint density at radius 3 is 2.73 bits per heavy atom. The first-order valence-electron chi connectivity index (χ1n) is 8.39. The number of para-hydroxylation sites is 1. The van der Waals surface area contributed by atoms with Gasteiger partial charge in [0.25, 0.3) is 5.56 Å². The maximum absolute atomic E-state index is 13.3. The highest BCUT2D eigenvalue weighted by Gasteiger charge is 2.42. The molecule has 0 radical (unpaired) electrons. The van der Waals surface area contributed by atoms with Crippen molar-refractivity contribution in [1.82, 2.24) is 14.8 Å². The molecule has 3 aromatic rings. The summed E-state index contributed by atoms with van der Waals surface area (Å²) in [5, 5.41) is 8.30. The molecular formula is C19H15FN4OS. The summed E-state index contributed by atoms with van der Waals surface area (Å²) in [6.07, 6.45) is 0.888. The minimum atomic E-state index is -0.402. The van der Waals surface area contributed by atoms with Crippen LogP contribution >= 0.6 is 11.8 Å². The number of thioether (sulfide) groups is 1. The molecule has 130 valence electrons. The molecule has 0 aliphatic carbocycles. The Morgan fingerprint density at radius 1 is 1.15 bits per heavy atom. The second-order valence-electron chi connectivity index (χ2n) is 6.51. The number of benzene rings is 2. The van der Waals surface area contributed by atoms with E-state index in [2.05, 4.69) is 10.3 Å². The number of nitrogens with one attached hydrogen (secondary N) is 1. The van der Waals surface area contributed by atoms with Gasteiger partial charge >= 0.3 is 0 Å². The Morgan fingerprint density at radius 2 is 1.96 bits per heavy atom. The van der Waals surface area contributed by atoms with Crippen LogP contribution in [0.5, 0.6) is 0 Å². The number of hydrogen-bond acceptors (Lipinski definition) is 5. The lowest BCUT2D eigenvalue weighted by Crippen LogP contribution is -2.47. The zero-order chi connectivity index (χ0) is 17.7.